The molecular formula is C16H14N2O4S. The summed E-state index contributed by atoms with van der Waals surface area (Å²) < 4.78 is 25.6. The molecule has 0 fully saturated rings. The van der Waals surface area contributed by atoms with Gasteiger partial charge in [-0.3, -0.25) is 4.79 Å². The summed E-state index contributed by atoms with van der Waals surface area (Å²) in [5, 5.41) is 0.153. The molecule has 1 heterocycles. The number of nitrogens with one attached hydrogen (secondary N) is 1. The summed E-state index contributed by atoms with van der Waals surface area (Å²) in [7, 11) is -4.26. The van der Waals surface area contributed by atoms with Crippen LogP contribution >= 0.6 is 0 Å². The van der Waals surface area contributed by atoms with Gasteiger partial charge in [-0.15, -0.1) is 3.97 Å². The van der Waals surface area contributed by atoms with Crippen LogP contribution in [0, 0.1) is 13.8 Å². The molecule has 6 nitrogen and oxygen atoms in total. The Morgan fingerprint density at radius 2 is 1.52 bits per heavy atom. The second-order valence-corrected chi connectivity index (χ2v) is 7.15. The maximum absolute atomic E-state index is 12.7. The third-order valence-corrected chi connectivity index (χ3v) is 5.26. The maximum Gasteiger partial charge on any atom is 0.343 e. The van der Waals surface area contributed by atoms with Crippen molar-refractivity contribution in [3.63, 3.8) is 0 Å². The lowest BCUT2D eigenvalue weighted by atomic mass is 10.2. The molecule has 0 aliphatic carbocycles. The lowest BCUT2D eigenvalue weighted by Gasteiger charge is -2.08. The number of benzene rings is 2. The van der Waals surface area contributed by atoms with Crippen molar-refractivity contribution in [1.29, 1.82) is 0 Å². The topological polar surface area (TPSA) is 89.0 Å². The molecule has 0 radical (unpaired) electrons. The van der Waals surface area contributed by atoms with E-state index in [2.05, 4.69) is 4.98 Å². The van der Waals surface area contributed by atoms with Gasteiger partial charge in [-0.05, 0) is 38.1 Å². The summed E-state index contributed by atoms with van der Waals surface area (Å²) in [6, 6.07) is 10.8. The fraction of sp³-hybridized carbons (Fsp3) is 0.125. The number of aryl methyl sites for hydroxylation is 2. The lowest BCUT2D eigenvalue weighted by molar-refractivity contribution is 0.582. The van der Waals surface area contributed by atoms with Crippen LogP contribution in [0.15, 0.2) is 56.9 Å². The first kappa shape index (κ1) is 15.2. The highest BCUT2D eigenvalue weighted by atomic mass is 32.2. The highest BCUT2D eigenvalue weighted by Crippen LogP contribution is 2.13. The average molecular weight is 330 g/mol. The molecule has 3 aromatic rings. The Labute approximate surface area is 132 Å². The molecule has 0 atom stereocenters. The van der Waals surface area contributed by atoms with Crippen LogP contribution in [0.25, 0.3) is 10.9 Å². The van der Waals surface area contributed by atoms with Crippen LogP contribution in [0.4, 0.5) is 0 Å². The first-order chi connectivity index (χ1) is 10.8. The van der Waals surface area contributed by atoms with Gasteiger partial charge in [0.2, 0.25) is 0 Å². The SMILES string of the molecule is Cc1ccc(S(=O)(=O)n2c(=O)[nH]c3ccc(C)cc3c2=O)cc1. The molecule has 2 aromatic carbocycles. The molecule has 1 aromatic heterocycles. The van der Waals surface area contributed by atoms with E-state index in [9.17, 15) is 18.0 Å². The zero-order valence-electron chi connectivity index (χ0n) is 12.5. The number of fused-ring (bicyclic) bond motifs is 1. The van der Waals surface area contributed by atoms with Gasteiger partial charge in [-0.25, -0.2) is 13.2 Å². The van der Waals surface area contributed by atoms with Crippen molar-refractivity contribution in [1.82, 2.24) is 8.96 Å². The number of aromatic amines is 1. The molecule has 0 saturated heterocycles. The highest BCUT2D eigenvalue weighted by Gasteiger charge is 2.22. The fourth-order valence-corrected chi connectivity index (χ4v) is 3.62. The van der Waals surface area contributed by atoms with Crippen molar-refractivity contribution in [3.8, 4) is 0 Å². The van der Waals surface area contributed by atoms with E-state index in [1.54, 1.807) is 37.3 Å². The van der Waals surface area contributed by atoms with Crippen LogP contribution in [-0.2, 0) is 10.0 Å². The van der Waals surface area contributed by atoms with Crippen molar-refractivity contribution in [2.24, 2.45) is 0 Å². The summed E-state index contributed by atoms with van der Waals surface area (Å²) in [5.41, 5.74) is 0.140. The molecule has 3 rings (SSSR count). The van der Waals surface area contributed by atoms with Gasteiger partial charge in [-0.2, -0.15) is 0 Å². The number of nitrogens with zero attached hydrogens (tertiary/aromatic N) is 1. The number of hydrogen-bond acceptors (Lipinski definition) is 4. The highest BCUT2D eigenvalue weighted by molar-refractivity contribution is 7.90. The number of aromatic nitrogens is 2. The summed E-state index contributed by atoms with van der Waals surface area (Å²) in [6.45, 7) is 3.59. The number of rotatable bonds is 2. The van der Waals surface area contributed by atoms with Gasteiger partial charge in [0.1, 0.15) is 0 Å². The van der Waals surface area contributed by atoms with Crippen LogP contribution in [0.3, 0.4) is 0 Å². The van der Waals surface area contributed by atoms with E-state index >= 15 is 0 Å². The molecule has 0 aliphatic heterocycles. The van der Waals surface area contributed by atoms with Crippen LogP contribution in [0.1, 0.15) is 11.1 Å². The molecule has 7 heteroatoms. The normalized spacial score (nSPS) is 11.7. The van der Waals surface area contributed by atoms with Crippen LogP contribution in [-0.4, -0.2) is 17.4 Å². The molecule has 0 spiro atoms. The van der Waals surface area contributed by atoms with Crippen molar-refractivity contribution in [2.45, 2.75) is 18.7 Å². The first-order valence-electron chi connectivity index (χ1n) is 6.88. The molecule has 0 aliphatic rings. The first-order valence-corrected chi connectivity index (χ1v) is 8.32. The van der Waals surface area contributed by atoms with Gasteiger partial charge >= 0.3 is 5.69 Å². The molecule has 0 bridgehead atoms. The van der Waals surface area contributed by atoms with Crippen LogP contribution in [0.5, 0.6) is 0 Å². The maximum atomic E-state index is 12.7. The third kappa shape index (κ3) is 2.49. The summed E-state index contributed by atoms with van der Waals surface area (Å²) in [4.78, 5) is 27.0. The molecule has 118 valence electrons. The van der Waals surface area contributed by atoms with Crippen molar-refractivity contribution in [3.05, 3.63) is 74.4 Å². The average Bonchev–Trinajstić information content (AvgIpc) is 2.48. The van der Waals surface area contributed by atoms with E-state index in [4.69, 9.17) is 0 Å². The van der Waals surface area contributed by atoms with E-state index < -0.39 is 21.3 Å². The van der Waals surface area contributed by atoms with Gasteiger partial charge in [0.25, 0.3) is 15.6 Å². The summed E-state index contributed by atoms with van der Waals surface area (Å²) >= 11 is 0. The molecule has 0 unspecified atom stereocenters. The summed E-state index contributed by atoms with van der Waals surface area (Å²) in [5.74, 6) is 0. The van der Waals surface area contributed by atoms with E-state index in [-0.39, 0.29) is 14.3 Å². The van der Waals surface area contributed by atoms with Gasteiger partial charge in [0.05, 0.1) is 15.8 Å². The smallest absolute Gasteiger partial charge is 0.306 e. The molecule has 1 N–H and O–H groups in total. The van der Waals surface area contributed by atoms with Gasteiger partial charge in [0, 0.05) is 0 Å². The predicted octanol–water partition coefficient (Wildman–Crippen LogP) is 1.54. The second kappa shape index (κ2) is 5.20. The van der Waals surface area contributed by atoms with Gasteiger partial charge in [0.15, 0.2) is 0 Å². The third-order valence-electron chi connectivity index (χ3n) is 3.58. The quantitative estimate of drug-likeness (QED) is 0.772. The van der Waals surface area contributed by atoms with E-state index in [0.29, 0.717) is 5.52 Å². The van der Waals surface area contributed by atoms with Gasteiger partial charge < -0.3 is 4.98 Å². The molecule has 23 heavy (non-hydrogen) atoms. The monoisotopic (exact) mass is 330 g/mol. The Morgan fingerprint density at radius 1 is 0.913 bits per heavy atom. The largest absolute Gasteiger partial charge is 0.343 e. The standard InChI is InChI=1S/C16H14N2O4S/c1-10-3-6-12(7-4-10)23(21,22)18-15(19)13-9-11(2)5-8-14(13)17-16(18)20/h3-9H,1-2H3,(H,17,20). The van der Waals surface area contributed by atoms with Crippen LogP contribution < -0.4 is 11.2 Å². The van der Waals surface area contributed by atoms with E-state index in [0.717, 1.165) is 11.1 Å². The summed E-state index contributed by atoms with van der Waals surface area (Å²) in [6.07, 6.45) is 0. The zero-order valence-corrected chi connectivity index (χ0v) is 13.3. The Bertz CT molecular complexity index is 1120. The van der Waals surface area contributed by atoms with Crippen molar-refractivity contribution >= 4 is 20.9 Å². The lowest BCUT2D eigenvalue weighted by Crippen LogP contribution is -2.40. The Balaban J connectivity index is 2.38. The Hall–Kier alpha value is -2.67. The fourth-order valence-electron chi connectivity index (χ4n) is 2.35. The minimum atomic E-state index is -4.26. The van der Waals surface area contributed by atoms with E-state index in [1.165, 1.54) is 12.1 Å². The minimum Gasteiger partial charge on any atom is -0.306 e. The Morgan fingerprint density at radius 3 is 2.17 bits per heavy atom. The number of H-pyrrole nitrogens is 1. The van der Waals surface area contributed by atoms with Crippen LogP contribution in [0.2, 0.25) is 0 Å². The number of hydrogen-bond donors (Lipinski definition) is 1. The minimum absolute atomic E-state index is 0.109. The van der Waals surface area contributed by atoms with E-state index in [1.807, 2.05) is 6.92 Å². The molecular weight excluding hydrogens is 316 g/mol. The van der Waals surface area contributed by atoms with Gasteiger partial charge in [-0.1, -0.05) is 29.3 Å². The van der Waals surface area contributed by atoms with Crippen molar-refractivity contribution < 1.29 is 8.42 Å². The molecule has 0 saturated carbocycles. The second-order valence-electron chi connectivity index (χ2n) is 5.37. The van der Waals surface area contributed by atoms with Crippen molar-refractivity contribution in [2.75, 3.05) is 0 Å². The zero-order chi connectivity index (χ0) is 16.8. The molecule has 0 amide bonds. The predicted molar refractivity (Wildman–Crippen MR) is 87.3 cm³/mol. The Kier molecular flexibility index (Phi) is 3.45.